The van der Waals surface area contributed by atoms with Crippen molar-refractivity contribution < 1.29 is 27.5 Å². The molecular formula is C23H27F3N4O3. The van der Waals surface area contributed by atoms with Gasteiger partial charge in [0.1, 0.15) is 11.4 Å². The van der Waals surface area contributed by atoms with Crippen LogP contribution in [-0.2, 0) is 20.5 Å². The third kappa shape index (κ3) is 3.59. The van der Waals surface area contributed by atoms with Crippen LogP contribution in [-0.4, -0.2) is 77.1 Å². The monoisotopic (exact) mass is 464 g/mol. The van der Waals surface area contributed by atoms with Gasteiger partial charge in [-0.25, -0.2) is 9.78 Å². The van der Waals surface area contributed by atoms with Gasteiger partial charge in [-0.1, -0.05) is 6.92 Å². The molecule has 0 aliphatic carbocycles. The molecule has 0 saturated carbocycles. The van der Waals surface area contributed by atoms with E-state index in [1.165, 1.54) is 6.20 Å². The number of halogens is 3. The summed E-state index contributed by atoms with van der Waals surface area (Å²) in [6.45, 7) is 6.97. The molecule has 10 heteroatoms. The molecule has 5 heterocycles. The zero-order chi connectivity index (χ0) is 23.5. The van der Waals surface area contributed by atoms with Crippen LogP contribution in [0.4, 0.5) is 19.0 Å². The van der Waals surface area contributed by atoms with Gasteiger partial charge in [-0.05, 0) is 32.0 Å². The number of carbonyl (C=O) groups is 2. The first-order chi connectivity index (χ1) is 15.6. The van der Waals surface area contributed by atoms with Crippen molar-refractivity contribution in [2.45, 2.75) is 57.0 Å². The van der Waals surface area contributed by atoms with Crippen LogP contribution in [0, 0.1) is 0 Å². The number of ether oxygens (including phenoxy) is 1. The van der Waals surface area contributed by atoms with Gasteiger partial charge in [-0.3, -0.25) is 4.79 Å². The topological polar surface area (TPSA) is 66.0 Å². The smallest absolute Gasteiger partial charge is 0.416 e. The van der Waals surface area contributed by atoms with E-state index in [9.17, 15) is 22.8 Å². The van der Waals surface area contributed by atoms with Crippen LogP contribution in [0.15, 0.2) is 29.5 Å². The van der Waals surface area contributed by atoms with Gasteiger partial charge in [-0.15, -0.1) is 0 Å². The van der Waals surface area contributed by atoms with Crippen molar-refractivity contribution in [3.63, 3.8) is 0 Å². The fourth-order valence-corrected chi connectivity index (χ4v) is 5.78. The number of piperazine rings is 1. The molecule has 1 aromatic heterocycles. The highest BCUT2D eigenvalue weighted by Gasteiger charge is 2.54. The summed E-state index contributed by atoms with van der Waals surface area (Å²) in [6.07, 6.45) is -1.41. The standard InChI is InChI=1S/C23H27F3N4O3/c1-3-28-8-5-22(6-9-28)19(14(2)21(32)33-22)20(31)30-13-16-11-17(30)12-29(16)18-10-15(4-7-27-18)23(24,25)26/h4,7,10,16-17H,3,5-6,8-9,11-13H2,1-2H3/t16-,17-/m0/s1. The molecule has 33 heavy (non-hydrogen) atoms. The number of aromatic nitrogens is 1. The average Bonchev–Trinajstić information content (AvgIpc) is 3.46. The number of alkyl halides is 3. The van der Waals surface area contributed by atoms with Crippen LogP contribution in [0.25, 0.3) is 0 Å². The second-order valence-corrected chi connectivity index (χ2v) is 9.37. The number of rotatable bonds is 3. The lowest BCUT2D eigenvalue weighted by Crippen LogP contribution is -2.53. The number of anilines is 1. The number of piperidine rings is 1. The molecule has 3 fully saturated rings. The molecule has 0 N–H and O–H groups in total. The van der Waals surface area contributed by atoms with Gasteiger partial charge >= 0.3 is 12.1 Å². The van der Waals surface area contributed by atoms with Crippen LogP contribution < -0.4 is 4.90 Å². The molecule has 1 aromatic rings. The number of hydrogen-bond acceptors (Lipinski definition) is 6. The van der Waals surface area contributed by atoms with Gasteiger partial charge in [0.25, 0.3) is 5.91 Å². The van der Waals surface area contributed by atoms with Crippen LogP contribution in [0.1, 0.15) is 38.7 Å². The first-order valence-corrected chi connectivity index (χ1v) is 11.4. The minimum absolute atomic E-state index is 0.105. The summed E-state index contributed by atoms with van der Waals surface area (Å²) in [4.78, 5) is 36.2. The first-order valence-electron chi connectivity index (χ1n) is 11.4. The Morgan fingerprint density at radius 1 is 1.24 bits per heavy atom. The van der Waals surface area contributed by atoms with Crippen molar-refractivity contribution in [3.05, 3.63) is 35.0 Å². The van der Waals surface area contributed by atoms with E-state index in [0.29, 0.717) is 43.5 Å². The summed E-state index contributed by atoms with van der Waals surface area (Å²) < 4.78 is 45.2. The van der Waals surface area contributed by atoms with Crippen molar-refractivity contribution in [2.75, 3.05) is 37.6 Å². The molecule has 5 rings (SSSR count). The van der Waals surface area contributed by atoms with E-state index >= 15 is 0 Å². The van der Waals surface area contributed by atoms with E-state index in [1.807, 2.05) is 4.90 Å². The SMILES string of the molecule is CCN1CCC2(CC1)OC(=O)C(C)=C2C(=O)N1C[C@@H]2C[C@H]1CN2c1cc(C(F)(F)F)ccn1. The molecule has 7 nitrogen and oxygen atoms in total. The molecule has 4 aliphatic heterocycles. The van der Waals surface area contributed by atoms with Gasteiger partial charge in [-0.2, -0.15) is 13.2 Å². The number of carbonyl (C=O) groups excluding carboxylic acids is 2. The Kier molecular flexibility index (Phi) is 5.19. The summed E-state index contributed by atoms with van der Waals surface area (Å²) in [6, 6.07) is 1.79. The van der Waals surface area contributed by atoms with Crippen molar-refractivity contribution in [1.29, 1.82) is 0 Å². The van der Waals surface area contributed by atoms with Crippen molar-refractivity contribution in [1.82, 2.24) is 14.8 Å². The maximum atomic E-state index is 13.7. The van der Waals surface area contributed by atoms with Crippen LogP contribution in [0.2, 0.25) is 0 Å². The predicted molar refractivity (Wildman–Crippen MR) is 113 cm³/mol. The molecule has 0 radical (unpaired) electrons. The molecular weight excluding hydrogens is 437 g/mol. The summed E-state index contributed by atoms with van der Waals surface area (Å²) in [5.74, 6) is -0.322. The van der Waals surface area contributed by atoms with Gasteiger partial charge in [0.15, 0.2) is 0 Å². The van der Waals surface area contributed by atoms with Crippen LogP contribution in [0.5, 0.6) is 0 Å². The summed E-state index contributed by atoms with van der Waals surface area (Å²) in [5, 5.41) is 0. The molecule has 2 bridgehead atoms. The third-order valence-electron chi connectivity index (χ3n) is 7.62. The Morgan fingerprint density at radius 2 is 1.97 bits per heavy atom. The highest BCUT2D eigenvalue weighted by Crippen LogP contribution is 2.44. The maximum Gasteiger partial charge on any atom is 0.416 e. The van der Waals surface area contributed by atoms with Crippen molar-refractivity contribution >= 4 is 17.7 Å². The molecule has 178 valence electrons. The highest BCUT2D eigenvalue weighted by atomic mass is 19.4. The van der Waals surface area contributed by atoms with Crippen LogP contribution in [0.3, 0.4) is 0 Å². The third-order valence-corrected chi connectivity index (χ3v) is 7.62. The Bertz CT molecular complexity index is 1020. The van der Waals surface area contributed by atoms with Gasteiger partial charge in [0, 0.05) is 50.8 Å². The zero-order valence-electron chi connectivity index (χ0n) is 18.7. The minimum atomic E-state index is -4.43. The number of nitrogens with zero attached hydrogens (tertiary/aromatic N) is 4. The number of amides is 1. The van der Waals surface area contributed by atoms with Crippen LogP contribution >= 0.6 is 0 Å². The fourth-order valence-electron chi connectivity index (χ4n) is 5.78. The summed E-state index contributed by atoms with van der Waals surface area (Å²) >= 11 is 0. The first kappa shape index (κ1) is 22.2. The number of pyridine rings is 1. The Balaban J connectivity index is 1.34. The molecule has 0 aromatic carbocycles. The van der Waals surface area contributed by atoms with E-state index < -0.39 is 23.3 Å². The minimum Gasteiger partial charge on any atom is -0.450 e. The van der Waals surface area contributed by atoms with Crippen molar-refractivity contribution in [3.8, 4) is 0 Å². The molecule has 2 atom stereocenters. The number of esters is 1. The van der Waals surface area contributed by atoms with Crippen molar-refractivity contribution in [2.24, 2.45) is 0 Å². The second kappa shape index (κ2) is 7.72. The summed E-state index contributed by atoms with van der Waals surface area (Å²) in [5.41, 5.74) is -0.747. The molecule has 0 unspecified atom stereocenters. The van der Waals surface area contributed by atoms with Gasteiger partial charge < -0.3 is 19.4 Å². The Morgan fingerprint density at radius 3 is 2.58 bits per heavy atom. The van der Waals surface area contributed by atoms with Gasteiger partial charge in [0.2, 0.25) is 0 Å². The number of hydrogen-bond donors (Lipinski definition) is 0. The fraction of sp³-hybridized carbons (Fsp3) is 0.609. The lowest BCUT2D eigenvalue weighted by Gasteiger charge is -2.41. The zero-order valence-corrected chi connectivity index (χ0v) is 18.7. The number of likely N-dealkylation sites (tertiary alicyclic amines) is 2. The molecule has 3 saturated heterocycles. The van der Waals surface area contributed by atoms with E-state index in [4.69, 9.17) is 4.74 Å². The maximum absolute atomic E-state index is 13.7. The molecule has 4 aliphatic rings. The quantitative estimate of drug-likeness (QED) is 0.641. The van der Waals surface area contributed by atoms with E-state index in [2.05, 4.69) is 16.8 Å². The summed E-state index contributed by atoms with van der Waals surface area (Å²) in [7, 11) is 0. The van der Waals surface area contributed by atoms with E-state index in [0.717, 1.165) is 31.8 Å². The lowest BCUT2D eigenvalue weighted by atomic mass is 9.82. The Hall–Kier alpha value is -2.62. The largest absolute Gasteiger partial charge is 0.450 e. The highest BCUT2D eigenvalue weighted by molar-refractivity contribution is 6.07. The predicted octanol–water partition coefficient (Wildman–Crippen LogP) is 2.62. The Labute approximate surface area is 190 Å². The van der Waals surface area contributed by atoms with E-state index in [1.54, 1.807) is 11.8 Å². The molecule has 1 spiro atoms. The number of fused-ring (bicyclic) bond motifs is 2. The molecule has 1 amide bonds. The van der Waals surface area contributed by atoms with Gasteiger partial charge in [0.05, 0.1) is 23.2 Å². The second-order valence-electron chi connectivity index (χ2n) is 9.37. The average molecular weight is 464 g/mol. The lowest BCUT2D eigenvalue weighted by molar-refractivity contribution is -0.151. The normalized spacial score (nSPS) is 27.1. The van der Waals surface area contributed by atoms with E-state index in [-0.39, 0.29) is 23.8 Å².